The normalized spacial score (nSPS) is 10.8. The smallest absolute Gasteiger partial charge is 0.376 e. The van der Waals surface area contributed by atoms with Crippen molar-refractivity contribution in [1.29, 1.82) is 0 Å². The lowest BCUT2D eigenvalue weighted by molar-refractivity contribution is 0.0490. The number of hydrogen-bond acceptors (Lipinski definition) is 5. The van der Waals surface area contributed by atoms with E-state index in [9.17, 15) is 4.79 Å². The summed E-state index contributed by atoms with van der Waals surface area (Å²) in [6, 6.07) is 1.93. The Kier molecular flexibility index (Phi) is 4.22. The number of rotatable bonds is 5. The van der Waals surface area contributed by atoms with E-state index >= 15 is 0 Å². The number of ether oxygens (including phenoxy) is 1. The number of carbonyl (C=O) groups is 1. The number of aryl methyl sites for hydroxylation is 3. The van der Waals surface area contributed by atoms with Gasteiger partial charge in [0.05, 0.1) is 18.0 Å². The molecule has 0 aromatic carbocycles. The lowest BCUT2D eigenvalue weighted by Gasteiger charge is -1.99. The number of esters is 1. The first-order valence-electron chi connectivity index (χ1n) is 6.82. The van der Waals surface area contributed by atoms with Gasteiger partial charge >= 0.3 is 5.97 Å². The van der Waals surface area contributed by atoms with E-state index in [1.807, 2.05) is 24.6 Å². The Morgan fingerprint density at radius 1 is 1.40 bits per heavy atom. The molecule has 2 aromatic rings. The van der Waals surface area contributed by atoms with Crippen LogP contribution in [0.25, 0.3) is 11.6 Å². The van der Waals surface area contributed by atoms with E-state index in [0.717, 1.165) is 17.8 Å². The monoisotopic (exact) mass is 277 g/mol. The van der Waals surface area contributed by atoms with Gasteiger partial charge in [-0.15, -0.1) is 0 Å². The molecule has 0 saturated heterocycles. The van der Waals surface area contributed by atoms with Crippen LogP contribution in [-0.2, 0) is 17.7 Å². The molecule has 6 heteroatoms. The van der Waals surface area contributed by atoms with E-state index in [2.05, 4.69) is 10.1 Å². The van der Waals surface area contributed by atoms with Crippen LogP contribution in [-0.4, -0.2) is 27.3 Å². The largest absolute Gasteiger partial charge is 0.460 e. The molecule has 0 aliphatic rings. The summed E-state index contributed by atoms with van der Waals surface area (Å²) in [5, 5.41) is 4.44. The average molecular weight is 277 g/mol. The second-order valence-corrected chi connectivity index (χ2v) is 4.34. The minimum Gasteiger partial charge on any atom is -0.460 e. The van der Waals surface area contributed by atoms with Crippen LogP contribution in [0.5, 0.6) is 0 Å². The SMILES string of the molecule is CCOC(=O)c1oc(-c2cc(CC)nn2CC)nc1C. The van der Waals surface area contributed by atoms with E-state index in [-0.39, 0.29) is 5.76 Å². The Bertz CT molecular complexity index is 613. The topological polar surface area (TPSA) is 70.2 Å². The molecule has 6 nitrogen and oxygen atoms in total. The summed E-state index contributed by atoms with van der Waals surface area (Å²) >= 11 is 0. The van der Waals surface area contributed by atoms with Crippen LogP contribution in [0.15, 0.2) is 10.5 Å². The second kappa shape index (κ2) is 5.90. The van der Waals surface area contributed by atoms with Crippen LogP contribution in [0.1, 0.15) is 42.7 Å². The molecule has 0 N–H and O–H groups in total. The number of aromatic nitrogens is 3. The fraction of sp³-hybridized carbons (Fsp3) is 0.500. The molecule has 0 fully saturated rings. The fourth-order valence-corrected chi connectivity index (χ4v) is 1.95. The molecule has 0 aliphatic carbocycles. The van der Waals surface area contributed by atoms with Gasteiger partial charge < -0.3 is 9.15 Å². The van der Waals surface area contributed by atoms with Crippen LogP contribution in [0, 0.1) is 6.92 Å². The van der Waals surface area contributed by atoms with E-state index in [0.29, 0.717) is 24.7 Å². The van der Waals surface area contributed by atoms with E-state index in [1.54, 1.807) is 13.8 Å². The number of nitrogens with zero attached hydrogens (tertiary/aromatic N) is 3. The summed E-state index contributed by atoms with van der Waals surface area (Å²) in [5.41, 5.74) is 2.28. The van der Waals surface area contributed by atoms with Crippen molar-refractivity contribution in [1.82, 2.24) is 14.8 Å². The predicted octanol–water partition coefficient (Wildman–Crippen LogP) is 2.61. The molecule has 0 atom stereocenters. The van der Waals surface area contributed by atoms with Gasteiger partial charge in [-0.25, -0.2) is 9.78 Å². The van der Waals surface area contributed by atoms with Crippen LogP contribution in [0.4, 0.5) is 0 Å². The summed E-state index contributed by atoms with van der Waals surface area (Å²) in [6.07, 6.45) is 0.838. The molecule has 108 valence electrons. The van der Waals surface area contributed by atoms with Gasteiger partial charge in [-0.1, -0.05) is 6.92 Å². The van der Waals surface area contributed by atoms with Gasteiger partial charge in [0, 0.05) is 6.54 Å². The molecule has 0 unspecified atom stereocenters. The van der Waals surface area contributed by atoms with Gasteiger partial charge in [0.2, 0.25) is 11.7 Å². The molecule has 2 rings (SSSR count). The summed E-state index contributed by atoms with van der Waals surface area (Å²) in [5.74, 6) is 0.0744. The lowest BCUT2D eigenvalue weighted by atomic mass is 10.3. The van der Waals surface area contributed by atoms with Crippen molar-refractivity contribution in [2.75, 3.05) is 6.61 Å². The minimum atomic E-state index is -0.484. The van der Waals surface area contributed by atoms with E-state index in [4.69, 9.17) is 9.15 Å². The third-order valence-corrected chi connectivity index (χ3v) is 2.97. The maximum atomic E-state index is 11.7. The molecule has 0 aliphatic heterocycles. The Morgan fingerprint density at radius 2 is 2.15 bits per heavy atom. The molecule has 0 amide bonds. The number of carbonyl (C=O) groups excluding carboxylic acids is 1. The maximum Gasteiger partial charge on any atom is 0.376 e. The highest BCUT2D eigenvalue weighted by Gasteiger charge is 2.21. The van der Waals surface area contributed by atoms with Crippen molar-refractivity contribution < 1.29 is 13.9 Å². The van der Waals surface area contributed by atoms with Gasteiger partial charge in [0.1, 0.15) is 5.69 Å². The van der Waals surface area contributed by atoms with Gasteiger partial charge in [0.15, 0.2) is 0 Å². The van der Waals surface area contributed by atoms with E-state index in [1.165, 1.54) is 0 Å². The zero-order chi connectivity index (χ0) is 14.7. The quantitative estimate of drug-likeness (QED) is 0.786. The molecule has 0 saturated carbocycles. The Morgan fingerprint density at radius 3 is 2.75 bits per heavy atom. The minimum absolute atomic E-state index is 0.156. The zero-order valence-corrected chi connectivity index (χ0v) is 12.3. The van der Waals surface area contributed by atoms with Crippen molar-refractivity contribution in [3.05, 3.63) is 23.2 Å². The first-order chi connectivity index (χ1) is 9.60. The van der Waals surface area contributed by atoms with Crippen molar-refractivity contribution in [3.8, 4) is 11.6 Å². The first-order valence-corrected chi connectivity index (χ1v) is 6.82. The predicted molar refractivity (Wildman–Crippen MR) is 73.5 cm³/mol. The summed E-state index contributed by atoms with van der Waals surface area (Å²) in [7, 11) is 0. The maximum absolute atomic E-state index is 11.7. The van der Waals surface area contributed by atoms with Gasteiger partial charge in [-0.05, 0) is 33.3 Å². The van der Waals surface area contributed by atoms with Crippen LogP contribution < -0.4 is 0 Å². The van der Waals surface area contributed by atoms with Gasteiger partial charge in [-0.3, -0.25) is 4.68 Å². The first kappa shape index (κ1) is 14.3. The number of hydrogen-bond donors (Lipinski definition) is 0. The highest BCUT2D eigenvalue weighted by atomic mass is 16.5. The Balaban J connectivity index is 2.41. The highest BCUT2D eigenvalue weighted by molar-refractivity contribution is 5.87. The molecule has 0 spiro atoms. The molecular weight excluding hydrogens is 258 g/mol. The third kappa shape index (κ3) is 2.59. The Hall–Kier alpha value is -2.11. The van der Waals surface area contributed by atoms with Crippen molar-refractivity contribution >= 4 is 5.97 Å². The molecule has 2 aromatic heterocycles. The Labute approximate surface area is 117 Å². The van der Waals surface area contributed by atoms with Crippen LogP contribution >= 0.6 is 0 Å². The van der Waals surface area contributed by atoms with Crippen LogP contribution in [0.3, 0.4) is 0 Å². The number of oxazole rings is 1. The zero-order valence-electron chi connectivity index (χ0n) is 12.3. The van der Waals surface area contributed by atoms with Crippen molar-refractivity contribution in [3.63, 3.8) is 0 Å². The highest BCUT2D eigenvalue weighted by Crippen LogP contribution is 2.23. The molecule has 0 bridgehead atoms. The summed E-state index contributed by atoms with van der Waals surface area (Å²) in [4.78, 5) is 16.1. The molecule has 20 heavy (non-hydrogen) atoms. The van der Waals surface area contributed by atoms with Crippen molar-refractivity contribution in [2.45, 2.75) is 40.7 Å². The summed E-state index contributed by atoms with van der Waals surface area (Å²) in [6.45, 7) is 8.54. The summed E-state index contributed by atoms with van der Waals surface area (Å²) < 4.78 is 12.3. The molecule has 2 heterocycles. The van der Waals surface area contributed by atoms with Crippen molar-refractivity contribution in [2.24, 2.45) is 0 Å². The third-order valence-electron chi connectivity index (χ3n) is 2.97. The standard InChI is InChI=1S/C14H19N3O3/c1-5-10-8-11(17(6-2)16-10)13-15-9(4)12(20-13)14(18)19-7-3/h8H,5-7H2,1-4H3. The van der Waals surface area contributed by atoms with Crippen LogP contribution in [0.2, 0.25) is 0 Å². The van der Waals surface area contributed by atoms with Gasteiger partial charge in [0.25, 0.3) is 0 Å². The van der Waals surface area contributed by atoms with Gasteiger partial charge in [-0.2, -0.15) is 5.10 Å². The lowest BCUT2D eigenvalue weighted by Crippen LogP contribution is -2.04. The molecule has 0 radical (unpaired) electrons. The average Bonchev–Trinajstić information content (AvgIpc) is 3.01. The fourth-order valence-electron chi connectivity index (χ4n) is 1.95. The second-order valence-electron chi connectivity index (χ2n) is 4.34. The molecular formula is C14H19N3O3. The van der Waals surface area contributed by atoms with E-state index < -0.39 is 5.97 Å².